The van der Waals surface area contributed by atoms with Crippen LogP contribution in [0.25, 0.3) is 10.8 Å². The summed E-state index contributed by atoms with van der Waals surface area (Å²) in [6.45, 7) is 1.82. The molecule has 0 radical (unpaired) electrons. The number of aromatic nitrogens is 2. The predicted octanol–water partition coefficient (Wildman–Crippen LogP) is 5.35. The second-order valence-corrected chi connectivity index (χ2v) is 5.40. The van der Waals surface area contributed by atoms with Gasteiger partial charge in [-0.1, -0.05) is 35.9 Å². The van der Waals surface area contributed by atoms with Gasteiger partial charge in [0, 0.05) is 16.5 Å². The van der Waals surface area contributed by atoms with Gasteiger partial charge < -0.3 is 5.32 Å². The van der Waals surface area contributed by atoms with E-state index in [-0.39, 0.29) is 10.7 Å². The molecule has 2 aromatic carbocycles. The minimum absolute atomic E-state index is 0.241. The van der Waals surface area contributed by atoms with E-state index in [1.54, 1.807) is 0 Å². The van der Waals surface area contributed by atoms with Gasteiger partial charge in [-0.2, -0.15) is 18.3 Å². The molecule has 0 saturated heterocycles. The summed E-state index contributed by atoms with van der Waals surface area (Å²) in [5.41, 5.74) is 0.0943. The number of nitrogens with zero attached hydrogens (tertiary/aromatic N) is 2. The smallest absolute Gasteiger partial charge is 0.338 e. The summed E-state index contributed by atoms with van der Waals surface area (Å²) < 4.78 is 38.8. The van der Waals surface area contributed by atoms with Gasteiger partial charge in [-0.15, -0.1) is 5.10 Å². The highest BCUT2D eigenvalue weighted by atomic mass is 35.5. The summed E-state index contributed by atoms with van der Waals surface area (Å²) >= 11 is 5.62. The van der Waals surface area contributed by atoms with E-state index in [1.165, 1.54) is 12.1 Å². The lowest BCUT2D eigenvalue weighted by molar-refractivity contribution is -0.137. The highest BCUT2D eigenvalue weighted by molar-refractivity contribution is 6.31. The Bertz CT molecular complexity index is 878. The summed E-state index contributed by atoms with van der Waals surface area (Å²) in [5, 5.41) is 12.3. The molecule has 7 heteroatoms. The van der Waals surface area contributed by atoms with Gasteiger partial charge in [-0.3, -0.25) is 0 Å². The fourth-order valence-corrected chi connectivity index (χ4v) is 2.51. The average Bonchev–Trinajstić information content (AvgIpc) is 2.51. The molecule has 23 heavy (non-hydrogen) atoms. The summed E-state index contributed by atoms with van der Waals surface area (Å²) in [6, 6.07) is 11.0. The minimum Gasteiger partial charge on any atom is -0.338 e. The molecule has 0 saturated carbocycles. The van der Waals surface area contributed by atoms with Crippen LogP contribution in [0.5, 0.6) is 0 Å². The van der Waals surface area contributed by atoms with Crippen molar-refractivity contribution in [1.82, 2.24) is 10.2 Å². The summed E-state index contributed by atoms with van der Waals surface area (Å²) in [5.74, 6) is 0.390. The van der Waals surface area contributed by atoms with E-state index in [1.807, 2.05) is 31.2 Å². The van der Waals surface area contributed by atoms with E-state index in [0.29, 0.717) is 5.82 Å². The van der Waals surface area contributed by atoms with Gasteiger partial charge >= 0.3 is 6.18 Å². The van der Waals surface area contributed by atoms with Crippen LogP contribution in [0.3, 0.4) is 0 Å². The van der Waals surface area contributed by atoms with Crippen LogP contribution in [0.1, 0.15) is 11.3 Å². The number of halogens is 4. The van der Waals surface area contributed by atoms with Gasteiger partial charge in [-0.25, -0.2) is 0 Å². The fourth-order valence-electron chi connectivity index (χ4n) is 2.29. The van der Waals surface area contributed by atoms with Gasteiger partial charge in [0.2, 0.25) is 0 Å². The van der Waals surface area contributed by atoms with E-state index in [9.17, 15) is 13.2 Å². The zero-order valence-corrected chi connectivity index (χ0v) is 12.7. The van der Waals surface area contributed by atoms with Crippen molar-refractivity contribution < 1.29 is 13.2 Å². The van der Waals surface area contributed by atoms with Crippen molar-refractivity contribution >= 4 is 33.9 Å². The van der Waals surface area contributed by atoms with Crippen molar-refractivity contribution in [3.8, 4) is 0 Å². The van der Waals surface area contributed by atoms with Crippen LogP contribution in [-0.2, 0) is 6.18 Å². The Balaban J connectivity index is 2.05. The number of rotatable bonds is 2. The maximum Gasteiger partial charge on any atom is 0.417 e. The van der Waals surface area contributed by atoms with Crippen LogP contribution in [-0.4, -0.2) is 10.2 Å². The molecule has 0 bridgehead atoms. The Morgan fingerprint density at radius 3 is 2.39 bits per heavy atom. The first-order valence-electron chi connectivity index (χ1n) is 6.72. The van der Waals surface area contributed by atoms with Gasteiger partial charge in [0.25, 0.3) is 0 Å². The molecule has 0 atom stereocenters. The molecule has 3 nitrogen and oxygen atoms in total. The van der Waals surface area contributed by atoms with Gasteiger partial charge in [0.1, 0.15) is 0 Å². The Kier molecular flexibility index (Phi) is 3.85. The van der Waals surface area contributed by atoms with Gasteiger partial charge in [0.05, 0.1) is 16.3 Å². The molecule has 1 N–H and O–H groups in total. The molecule has 3 rings (SSSR count). The normalized spacial score (nSPS) is 11.7. The third-order valence-corrected chi connectivity index (χ3v) is 3.74. The lowest BCUT2D eigenvalue weighted by Gasteiger charge is -2.13. The highest BCUT2D eigenvalue weighted by Crippen LogP contribution is 2.37. The number of nitrogens with one attached hydrogen (secondary N) is 1. The molecule has 0 amide bonds. The average molecular weight is 338 g/mol. The van der Waals surface area contributed by atoms with Crippen molar-refractivity contribution in [1.29, 1.82) is 0 Å². The number of hydrogen-bond acceptors (Lipinski definition) is 3. The maximum atomic E-state index is 12.9. The second-order valence-electron chi connectivity index (χ2n) is 5.00. The Morgan fingerprint density at radius 1 is 1.00 bits per heavy atom. The van der Waals surface area contributed by atoms with Crippen LogP contribution in [0, 0.1) is 6.92 Å². The molecule has 0 aliphatic rings. The maximum absolute atomic E-state index is 12.9. The molecule has 1 heterocycles. The molecule has 3 aromatic rings. The first-order valence-corrected chi connectivity index (χ1v) is 7.10. The fraction of sp³-hybridized carbons (Fsp3) is 0.125. The van der Waals surface area contributed by atoms with Crippen LogP contribution < -0.4 is 5.32 Å². The van der Waals surface area contributed by atoms with Crippen molar-refractivity contribution in [3.05, 3.63) is 58.7 Å². The Labute approximate surface area is 135 Å². The molecular weight excluding hydrogens is 327 g/mol. The van der Waals surface area contributed by atoms with Crippen molar-refractivity contribution in [2.45, 2.75) is 13.1 Å². The molecule has 1 aromatic heterocycles. The van der Waals surface area contributed by atoms with Crippen molar-refractivity contribution in [3.63, 3.8) is 0 Å². The lowest BCUT2D eigenvalue weighted by Crippen LogP contribution is -2.07. The third-order valence-electron chi connectivity index (χ3n) is 3.41. The Hall–Kier alpha value is -2.34. The van der Waals surface area contributed by atoms with Crippen LogP contribution in [0.2, 0.25) is 5.02 Å². The van der Waals surface area contributed by atoms with E-state index < -0.39 is 11.7 Å². The standard InChI is InChI=1S/C16H11ClF3N3/c1-9-11-4-2-3-5-12(11)15(23-22-9)21-10-6-7-14(17)13(8-10)16(18,19)20/h2-8H,1H3,(H,21,23). The van der Waals surface area contributed by atoms with Gasteiger partial charge in [0.15, 0.2) is 5.82 Å². The largest absolute Gasteiger partial charge is 0.417 e. The summed E-state index contributed by atoms with van der Waals surface area (Å²) in [7, 11) is 0. The first kappa shape index (κ1) is 15.6. The molecular formula is C16H11ClF3N3. The Morgan fingerprint density at radius 2 is 1.70 bits per heavy atom. The van der Waals surface area contributed by atoms with E-state index >= 15 is 0 Å². The predicted molar refractivity (Wildman–Crippen MR) is 84.0 cm³/mol. The van der Waals surface area contributed by atoms with Crippen LogP contribution in [0.15, 0.2) is 42.5 Å². The van der Waals surface area contributed by atoms with Crippen molar-refractivity contribution in [2.24, 2.45) is 0 Å². The number of fused-ring (bicyclic) bond motifs is 1. The highest BCUT2D eigenvalue weighted by Gasteiger charge is 2.33. The van der Waals surface area contributed by atoms with E-state index in [2.05, 4.69) is 15.5 Å². The second kappa shape index (κ2) is 5.70. The molecule has 0 aliphatic heterocycles. The monoisotopic (exact) mass is 337 g/mol. The molecule has 118 valence electrons. The minimum atomic E-state index is -4.52. The quantitative estimate of drug-likeness (QED) is 0.684. The zero-order chi connectivity index (χ0) is 16.6. The van der Waals surface area contributed by atoms with Crippen molar-refractivity contribution in [2.75, 3.05) is 5.32 Å². The summed E-state index contributed by atoms with van der Waals surface area (Å²) in [6.07, 6.45) is -4.52. The first-order chi connectivity index (χ1) is 10.9. The SMILES string of the molecule is Cc1nnc(Nc2ccc(Cl)c(C(F)(F)F)c2)c2ccccc12. The number of anilines is 2. The number of alkyl halides is 3. The lowest BCUT2D eigenvalue weighted by atomic mass is 10.1. The number of benzene rings is 2. The molecule has 0 unspecified atom stereocenters. The van der Waals surface area contributed by atoms with Gasteiger partial charge in [-0.05, 0) is 25.1 Å². The topological polar surface area (TPSA) is 37.8 Å². The van der Waals surface area contributed by atoms with Crippen LogP contribution >= 0.6 is 11.6 Å². The zero-order valence-electron chi connectivity index (χ0n) is 11.9. The third kappa shape index (κ3) is 3.07. The number of aryl methyl sites for hydroxylation is 1. The summed E-state index contributed by atoms with van der Waals surface area (Å²) in [4.78, 5) is 0. The van der Waals surface area contributed by atoms with E-state index in [4.69, 9.17) is 11.6 Å². The molecule has 0 aliphatic carbocycles. The number of hydrogen-bond donors (Lipinski definition) is 1. The molecule has 0 fully saturated rings. The van der Waals surface area contributed by atoms with E-state index in [0.717, 1.165) is 22.5 Å². The molecule has 0 spiro atoms. The van der Waals surface area contributed by atoms with Crippen LogP contribution in [0.4, 0.5) is 24.7 Å².